The van der Waals surface area contributed by atoms with Gasteiger partial charge < -0.3 is 9.41 Å². The summed E-state index contributed by atoms with van der Waals surface area (Å²) in [5.74, 6) is 1.11. The fourth-order valence-corrected chi connectivity index (χ4v) is 2.84. The van der Waals surface area contributed by atoms with E-state index in [9.17, 15) is 4.79 Å². The first kappa shape index (κ1) is 14.6. The van der Waals surface area contributed by atoms with Gasteiger partial charge in [-0.1, -0.05) is 23.2 Å². The first-order valence-electron chi connectivity index (χ1n) is 5.02. The maximum atomic E-state index is 10.8. The Morgan fingerprint density at radius 1 is 1.41 bits per heavy atom. The highest BCUT2D eigenvalue weighted by Crippen LogP contribution is 2.35. The standard InChI is InChI=1S/C10H9Cl2NOS.CH4O/c11-9-5-8(13-2-1-3-15-13)4-7(6-14)10(9)12;1-2/h4-6H,1-3H2;2H,1H3. The molecule has 1 heterocycles. The van der Waals surface area contributed by atoms with Crippen LogP contribution < -0.4 is 4.31 Å². The molecule has 0 aliphatic carbocycles. The average Bonchev–Trinajstić information content (AvgIpc) is 2.89. The van der Waals surface area contributed by atoms with Crippen LogP contribution in [0.4, 0.5) is 5.69 Å². The van der Waals surface area contributed by atoms with Crippen molar-refractivity contribution in [2.75, 3.05) is 23.7 Å². The van der Waals surface area contributed by atoms with E-state index in [1.54, 1.807) is 24.1 Å². The highest BCUT2D eigenvalue weighted by molar-refractivity contribution is 8.00. The van der Waals surface area contributed by atoms with Crippen molar-refractivity contribution >= 4 is 47.1 Å². The summed E-state index contributed by atoms with van der Waals surface area (Å²) in [7, 11) is 1.00. The van der Waals surface area contributed by atoms with Gasteiger partial charge in [0.25, 0.3) is 0 Å². The van der Waals surface area contributed by atoms with Gasteiger partial charge >= 0.3 is 0 Å². The first-order valence-corrected chi connectivity index (χ1v) is 6.71. The highest BCUT2D eigenvalue weighted by atomic mass is 35.5. The molecule has 1 fully saturated rings. The Balaban J connectivity index is 0.000000686. The molecule has 0 radical (unpaired) electrons. The summed E-state index contributed by atoms with van der Waals surface area (Å²) in [6, 6.07) is 3.58. The molecule has 1 aromatic rings. The third kappa shape index (κ3) is 3.52. The summed E-state index contributed by atoms with van der Waals surface area (Å²) in [6.45, 7) is 0.987. The number of nitrogens with zero attached hydrogens (tertiary/aromatic N) is 1. The van der Waals surface area contributed by atoms with Gasteiger partial charge in [0.1, 0.15) is 0 Å². The molecule has 1 N–H and O–H groups in total. The fourth-order valence-electron chi connectivity index (χ4n) is 1.48. The van der Waals surface area contributed by atoms with E-state index >= 15 is 0 Å². The van der Waals surface area contributed by atoms with E-state index in [1.807, 2.05) is 0 Å². The number of rotatable bonds is 2. The number of benzene rings is 1. The largest absolute Gasteiger partial charge is 0.400 e. The molecule has 0 amide bonds. The van der Waals surface area contributed by atoms with Crippen molar-refractivity contribution in [3.63, 3.8) is 0 Å². The summed E-state index contributed by atoms with van der Waals surface area (Å²) in [5.41, 5.74) is 1.40. The number of aldehydes is 1. The van der Waals surface area contributed by atoms with Crippen LogP contribution in [0.5, 0.6) is 0 Å². The number of aliphatic hydroxyl groups is 1. The second kappa shape index (κ2) is 7.11. The Labute approximate surface area is 115 Å². The van der Waals surface area contributed by atoms with Gasteiger partial charge in [-0.3, -0.25) is 4.79 Å². The smallest absolute Gasteiger partial charge is 0.151 e. The second-order valence-corrected chi connectivity index (χ2v) is 5.13. The molecule has 6 heteroatoms. The molecule has 94 valence electrons. The first-order chi connectivity index (χ1) is 8.22. The van der Waals surface area contributed by atoms with E-state index in [4.69, 9.17) is 28.3 Å². The van der Waals surface area contributed by atoms with Crippen LogP contribution in [-0.2, 0) is 0 Å². The van der Waals surface area contributed by atoms with Crippen LogP contribution in [0.3, 0.4) is 0 Å². The molecule has 0 atom stereocenters. The number of hydrogen-bond acceptors (Lipinski definition) is 4. The zero-order valence-corrected chi connectivity index (χ0v) is 11.6. The molecule has 1 aromatic carbocycles. The number of carbonyl (C=O) groups excluding carboxylic acids is 1. The molecule has 3 nitrogen and oxygen atoms in total. The molecule has 0 bridgehead atoms. The third-order valence-electron chi connectivity index (χ3n) is 2.21. The lowest BCUT2D eigenvalue weighted by Gasteiger charge is -2.17. The second-order valence-electron chi connectivity index (χ2n) is 3.24. The predicted octanol–water partition coefficient (Wildman–Crippen LogP) is 3.27. The van der Waals surface area contributed by atoms with E-state index in [0.29, 0.717) is 15.6 Å². The molecular formula is C11H13Cl2NO2S. The van der Waals surface area contributed by atoms with E-state index in [1.165, 1.54) is 0 Å². The molecule has 0 aromatic heterocycles. The molecule has 0 saturated carbocycles. The molecule has 2 rings (SSSR count). The van der Waals surface area contributed by atoms with Crippen LogP contribution in [0.15, 0.2) is 12.1 Å². The topological polar surface area (TPSA) is 40.5 Å². The van der Waals surface area contributed by atoms with E-state index in [-0.39, 0.29) is 0 Å². The summed E-state index contributed by atoms with van der Waals surface area (Å²) in [6.07, 6.45) is 1.89. The van der Waals surface area contributed by atoms with Crippen molar-refractivity contribution in [1.82, 2.24) is 0 Å². The van der Waals surface area contributed by atoms with E-state index < -0.39 is 0 Å². The minimum Gasteiger partial charge on any atom is -0.400 e. The van der Waals surface area contributed by atoms with Crippen molar-refractivity contribution in [3.8, 4) is 0 Å². The van der Waals surface area contributed by atoms with Gasteiger partial charge in [-0.05, 0) is 30.5 Å². The number of carbonyl (C=O) groups is 1. The van der Waals surface area contributed by atoms with Crippen molar-refractivity contribution in [2.24, 2.45) is 0 Å². The summed E-state index contributed by atoms with van der Waals surface area (Å²) < 4.78 is 2.13. The van der Waals surface area contributed by atoms with Gasteiger partial charge in [0.05, 0.1) is 10.0 Å². The zero-order valence-electron chi connectivity index (χ0n) is 9.32. The lowest BCUT2D eigenvalue weighted by atomic mass is 10.2. The van der Waals surface area contributed by atoms with Gasteiger partial charge in [0.2, 0.25) is 0 Å². The molecule has 1 aliphatic rings. The summed E-state index contributed by atoms with van der Waals surface area (Å²) >= 11 is 13.6. The van der Waals surface area contributed by atoms with E-state index in [2.05, 4.69) is 4.31 Å². The number of hydrogen-bond donors (Lipinski definition) is 1. The molecule has 1 saturated heterocycles. The number of anilines is 1. The number of halogens is 2. The lowest BCUT2D eigenvalue weighted by Crippen LogP contribution is -2.09. The molecule has 0 spiro atoms. The highest BCUT2D eigenvalue weighted by Gasteiger charge is 2.16. The van der Waals surface area contributed by atoms with Gasteiger partial charge in [0.15, 0.2) is 6.29 Å². The normalized spacial score (nSPS) is 14.2. The third-order valence-corrected chi connectivity index (χ3v) is 4.20. The van der Waals surface area contributed by atoms with Crippen molar-refractivity contribution < 1.29 is 9.90 Å². The van der Waals surface area contributed by atoms with E-state index in [0.717, 1.165) is 37.8 Å². The Morgan fingerprint density at radius 3 is 2.65 bits per heavy atom. The van der Waals surface area contributed by atoms with Crippen molar-refractivity contribution in [1.29, 1.82) is 0 Å². The van der Waals surface area contributed by atoms with Crippen LogP contribution in [0, 0.1) is 0 Å². The summed E-state index contributed by atoms with van der Waals surface area (Å²) in [5, 5.41) is 7.77. The molecule has 0 unspecified atom stereocenters. The average molecular weight is 294 g/mol. The minimum atomic E-state index is 0.333. The summed E-state index contributed by atoms with van der Waals surface area (Å²) in [4.78, 5) is 10.8. The predicted molar refractivity (Wildman–Crippen MR) is 74.4 cm³/mol. The molecular weight excluding hydrogens is 281 g/mol. The van der Waals surface area contributed by atoms with Crippen LogP contribution in [0.25, 0.3) is 0 Å². The number of aliphatic hydroxyl groups excluding tert-OH is 1. The molecule has 1 aliphatic heterocycles. The van der Waals surface area contributed by atoms with Crippen LogP contribution >= 0.6 is 35.1 Å². The SMILES string of the molecule is CO.O=Cc1cc(N2CCCS2)cc(Cl)c1Cl. The zero-order chi connectivity index (χ0) is 12.8. The Morgan fingerprint density at radius 2 is 2.12 bits per heavy atom. The van der Waals surface area contributed by atoms with Crippen molar-refractivity contribution in [3.05, 3.63) is 27.7 Å². The fraction of sp³-hybridized carbons (Fsp3) is 0.364. The Bertz CT molecular complexity index is 395. The minimum absolute atomic E-state index is 0.333. The lowest BCUT2D eigenvalue weighted by molar-refractivity contribution is 0.112. The van der Waals surface area contributed by atoms with Crippen LogP contribution in [0.2, 0.25) is 10.0 Å². The van der Waals surface area contributed by atoms with Crippen LogP contribution in [-0.4, -0.2) is 30.8 Å². The maximum Gasteiger partial charge on any atom is 0.151 e. The molecule has 17 heavy (non-hydrogen) atoms. The van der Waals surface area contributed by atoms with Gasteiger partial charge in [0, 0.05) is 30.7 Å². The van der Waals surface area contributed by atoms with Gasteiger partial charge in [-0.15, -0.1) is 0 Å². The van der Waals surface area contributed by atoms with Gasteiger partial charge in [-0.25, -0.2) is 0 Å². The monoisotopic (exact) mass is 293 g/mol. The van der Waals surface area contributed by atoms with Crippen molar-refractivity contribution in [2.45, 2.75) is 6.42 Å². The Kier molecular flexibility index (Phi) is 6.12. The quantitative estimate of drug-likeness (QED) is 0.671. The maximum absolute atomic E-state index is 10.8. The van der Waals surface area contributed by atoms with Gasteiger partial charge in [-0.2, -0.15) is 0 Å². The van der Waals surface area contributed by atoms with Crippen LogP contribution in [0.1, 0.15) is 16.8 Å². The Hall–Kier alpha value is -0.420.